The Balaban J connectivity index is 2.19. The molecule has 0 aliphatic rings. The molecule has 0 saturated heterocycles. The summed E-state index contributed by atoms with van der Waals surface area (Å²) in [7, 11) is 4.36. The normalized spacial score (nSPS) is 11.4. The predicted octanol–water partition coefficient (Wildman–Crippen LogP) is 2.13. The molecule has 0 radical (unpaired) electrons. The summed E-state index contributed by atoms with van der Waals surface area (Å²) in [4.78, 5) is 24.5. The fraction of sp³-hybridized carbons (Fsp3) is 0.263. The van der Waals surface area contributed by atoms with Crippen LogP contribution in [-0.2, 0) is 16.0 Å². The molecule has 1 atom stereocenters. The zero-order valence-corrected chi connectivity index (χ0v) is 15.1. The van der Waals surface area contributed by atoms with E-state index in [-0.39, 0.29) is 12.0 Å². The first-order valence-corrected chi connectivity index (χ1v) is 8.06. The zero-order valence-electron chi connectivity index (χ0n) is 15.1. The summed E-state index contributed by atoms with van der Waals surface area (Å²) < 4.78 is 37.0. The number of ether oxygens (including phenoxy) is 2. The van der Waals surface area contributed by atoms with Gasteiger partial charge in [0.2, 0.25) is 11.8 Å². The van der Waals surface area contributed by atoms with E-state index in [1.165, 1.54) is 27.3 Å². The average Bonchev–Trinajstić information content (AvgIpc) is 2.67. The maximum Gasteiger partial charge on any atom is 0.246 e. The largest absolute Gasteiger partial charge is 0.493 e. The second kappa shape index (κ2) is 8.98. The van der Waals surface area contributed by atoms with Crippen LogP contribution in [0.25, 0.3) is 0 Å². The minimum atomic E-state index is -1.15. The van der Waals surface area contributed by atoms with E-state index in [0.29, 0.717) is 17.1 Å². The fourth-order valence-corrected chi connectivity index (χ4v) is 2.52. The highest BCUT2D eigenvalue weighted by atomic mass is 19.2. The molecular weight excluding hydrogens is 358 g/mol. The number of carbonyl (C=O) groups excluding carboxylic acids is 2. The Kier molecular flexibility index (Phi) is 6.70. The van der Waals surface area contributed by atoms with Crippen LogP contribution in [0, 0.1) is 11.6 Å². The van der Waals surface area contributed by atoms with Crippen molar-refractivity contribution in [2.75, 3.05) is 21.3 Å². The fourth-order valence-electron chi connectivity index (χ4n) is 2.52. The van der Waals surface area contributed by atoms with E-state index in [0.717, 1.165) is 12.1 Å². The van der Waals surface area contributed by atoms with Crippen LogP contribution in [0.15, 0.2) is 36.4 Å². The average molecular weight is 378 g/mol. The highest BCUT2D eigenvalue weighted by Gasteiger charge is 2.23. The number of rotatable bonds is 7. The molecule has 6 nitrogen and oxygen atoms in total. The van der Waals surface area contributed by atoms with Gasteiger partial charge in [-0.25, -0.2) is 8.78 Å². The Morgan fingerprint density at radius 1 is 1.00 bits per heavy atom. The van der Waals surface area contributed by atoms with Gasteiger partial charge in [0.05, 0.1) is 20.6 Å². The lowest BCUT2D eigenvalue weighted by Crippen LogP contribution is -2.39. The van der Waals surface area contributed by atoms with Crippen LogP contribution in [0.2, 0.25) is 0 Å². The predicted molar refractivity (Wildman–Crippen MR) is 94.6 cm³/mol. The summed E-state index contributed by atoms with van der Waals surface area (Å²) in [5, 5.41) is 4.93. The van der Waals surface area contributed by atoms with E-state index in [1.807, 2.05) is 0 Å². The van der Waals surface area contributed by atoms with Crippen LogP contribution in [0.1, 0.15) is 17.2 Å². The molecule has 8 heteroatoms. The third-order valence-electron chi connectivity index (χ3n) is 3.90. The number of amides is 2. The third kappa shape index (κ3) is 4.93. The standard InChI is InChI=1S/C19H20F2N2O4/c1-22-19(25)18(12-5-6-13(20)14(21)10-12)23-17(24)9-11-4-7-15(26-2)16(8-11)27-3/h4-8,10,18H,9H2,1-3H3,(H,22,25)(H,23,24). The first-order chi connectivity index (χ1) is 12.9. The van der Waals surface area contributed by atoms with Crippen molar-refractivity contribution < 1.29 is 27.8 Å². The van der Waals surface area contributed by atoms with Crippen molar-refractivity contribution in [3.63, 3.8) is 0 Å². The minimum Gasteiger partial charge on any atom is -0.493 e. The number of methoxy groups -OCH3 is 2. The Bertz CT molecular complexity index is 842. The van der Waals surface area contributed by atoms with Crippen LogP contribution < -0.4 is 20.1 Å². The van der Waals surface area contributed by atoms with Gasteiger partial charge in [-0.2, -0.15) is 0 Å². The number of benzene rings is 2. The molecule has 0 bridgehead atoms. The van der Waals surface area contributed by atoms with Gasteiger partial charge in [-0.3, -0.25) is 9.59 Å². The molecule has 2 aromatic rings. The van der Waals surface area contributed by atoms with Crippen molar-refractivity contribution in [2.24, 2.45) is 0 Å². The van der Waals surface area contributed by atoms with Gasteiger partial charge < -0.3 is 20.1 Å². The number of hydrogen-bond acceptors (Lipinski definition) is 4. The van der Waals surface area contributed by atoms with Gasteiger partial charge in [0.15, 0.2) is 23.1 Å². The summed E-state index contributed by atoms with van der Waals surface area (Å²) in [5.74, 6) is -2.18. The highest BCUT2D eigenvalue weighted by Crippen LogP contribution is 2.27. The molecule has 0 heterocycles. The number of carbonyl (C=O) groups is 2. The summed E-state index contributed by atoms with van der Waals surface area (Å²) in [6.07, 6.45) is -0.0441. The molecule has 2 N–H and O–H groups in total. The van der Waals surface area contributed by atoms with Gasteiger partial charge in [-0.05, 0) is 35.4 Å². The third-order valence-corrected chi connectivity index (χ3v) is 3.90. The Labute approximate surface area is 155 Å². The second-order valence-electron chi connectivity index (χ2n) is 5.65. The topological polar surface area (TPSA) is 76.7 Å². The van der Waals surface area contributed by atoms with Crippen molar-refractivity contribution in [3.05, 3.63) is 59.2 Å². The molecular formula is C19H20F2N2O4. The van der Waals surface area contributed by atoms with E-state index in [2.05, 4.69) is 10.6 Å². The molecule has 0 spiro atoms. The molecule has 0 fully saturated rings. The molecule has 2 aromatic carbocycles. The van der Waals surface area contributed by atoms with E-state index >= 15 is 0 Å². The number of hydrogen-bond donors (Lipinski definition) is 2. The molecule has 2 rings (SSSR count). The van der Waals surface area contributed by atoms with Crippen LogP contribution in [-0.4, -0.2) is 33.1 Å². The Morgan fingerprint density at radius 3 is 2.30 bits per heavy atom. The van der Waals surface area contributed by atoms with E-state index < -0.39 is 29.5 Å². The van der Waals surface area contributed by atoms with Crippen molar-refractivity contribution in [3.8, 4) is 11.5 Å². The highest BCUT2D eigenvalue weighted by molar-refractivity contribution is 5.89. The monoisotopic (exact) mass is 378 g/mol. The van der Waals surface area contributed by atoms with Crippen molar-refractivity contribution in [1.29, 1.82) is 0 Å². The molecule has 144 valence electrons. The van der Waals surface area contributed by atoms with Crippen LogP contribution in [0.4, 0.5) is 8.78 Å². The van der Waals surface area contributed by atoms with Gasteiger partial charge in [0, 0.05) is 7.05 Å². The van der Waals surface area contributed by atoms with E-state index in [4.69, 9.17) is 9.47 Å². The summed E-state index contributed by atoms with van der Waals surface area (Å²) in [6, 6.07) is 6.87. The van der Waals surface area contributed by atoms with Crippen molar-refractivity contribution in [1.82, 2.24) is 10.6 Å². The summed E-state index contributed by atoms with van der Waals surface area (Å²) in [5.41, 5.74) is 0.764. The first kappa shape index (κ1) is 20.2. The molecule has 2 amide bonds. The number of nitrogens with one attached hydrogen (secondary N) is 2. The summed E-state index contributed by atoms with van der Waals surface area (Å²) >= 11 is 0. The van der Waals surface area contributed by atoms with Crippen LogP contribution >= 0.6 is 0 Å². The Hall–Kier alpha value is -3.16. The lowest BCUT2D eigenvalue weighted by Gasteiger charge is -2.18. The first-order valence-electron chi connectivity index (χ1n) is 8.06. The lowest BCUT2D eigenvalue weighted by atomic mass is 10.0. The molecule has 0 aliphatic heterocycles. The lowest BCUT2D eigenvalue weighted by molar-refractivity contribution is -0.128. The molecule has 0 aromatic heterocycles. The molecule has 0 aliphatic carbocycles. The van der Waals surface area contributed by atoms with Crippen molar-refractivity contribution in [2.45, 2.75) is 12.5 Å². The van der Waals surface area contributed by atoms with Crippen LogP contribution in [0.5, 0.6) is 11.5 Å². The minimum absolute atomic E-state index is 0.0441. The van der Waals surface area contributed by atoms with Crippen LogP contribution in [0.3, 0.4) is 0 Å². The summed E-state index contributed by atoms with van der Waals surface area (Å²) in [6.45, 7) is 0. The van der Waals surface area contributed by atoms with Crippen molar-refractivity contribution >= 4 is 11.8 Å². The molecule has 1 unspecified atom stereocenters. The van der Waals surface area contributed by atoms with Gasteiger partial charge >= 0.3 is 0 Å². The van der Waals surface area contributed by atoms with E-state index in [1.54, 1.807) is 18.2 Å². The smallest absolute Gasteiger partial charge is 0.246 e. The van der Waals surface area contributed by atoms with Gasteiger partial charge in [-0.1, -0.05) is 12.1 Å². The van der Waals surface area contributed by atoms with E-state index in [9.17, 15) is 18.4 Å². The molecule has 0 saturated carbocycles. The number of halogens is 2. The number of likely N-dealkylation sites (N-methyl/N-ethyl adjacent to an activating group) is 1. The van der Waals surface area contributed by atoms with Gasteiger partial charge in [0.25, 0.3) is 0 Å². The second-order valence-corrected chi connectivity index (χ2v) is 5.65. The zero-order chi connectivity index (χ0) is 20.0. The molecule has 27 heavy (non-hydrogen) atoms. The maximum absolute atomic E-state index is 13.5. The Morgan fingerprint density at radius 2 is 1.70 bits per heavy atom. The maximum atomic E-state index is 13.5. The van der Waals surface area contributed by atoms with Gasteiger partial charge in [0.1, 0.15) is 6.04 Å². The quantitative estimate of drug-likeness (QED) is 0.774. The van der Waals surface area contributed by atoms with Gasteiger partial charge in [-0.15, -0.1) is 0 Å². The SMILES string of the molecule is CNC(=O)C(NC(=O)Cc1ccc(OC)c(OC)c1)c1ccc(F)c(F)c1.